The van der Waals surface area contributed by atoms with Gasteiger partial charge in [-0.05, 0) is 54.2 Å². The summed E-state index contributed by atoms with van der Waals surface area (Å²) in [7, 11) is 0. The number of hydrogen-bond acceptors (Lipinski definition) is 2. The zero-order valence-electron chi connectivity index (χ0n) is 14.2. The third-order valence-corrected chi connectivity index (χ3v) is 4.83. The van der Waals surface area contributed by atoms with Gasteiger partial charge in [0, 0.05) is 12.1 Å². The van der Waals surface area contributed by atoms with E-state index in [-0.39, 0.29) is 0 Å². The molecule has 1 aromatic heterocycles. The minimum atomic E-state index is 0.578. The Hall–Kier alpha value is -2.20. The van der Waals surface area contributed by atoms with Crippen molar-refractivity contribution in [2.45, 2.75) is 39.0 Å². The summed E-state index contributed by atoms with van der Waals surface area (Å²) in [5, 5.41) is 7.36. The monoisotopic (exact) mass is 337 g/mol. The summed E-state index contributed by atoms with van der Waals surface area (Å²) in [5.74, 6) is 1.55. The van der Waals surface area contributed by atoms with Gasteiger partial charge in [-0.15, -0.1) is 0 Å². The maximum Gasteiger partial charge on any atom is 0.199 e. The molecule has 0 saturated heterocycles. The van der Waals surface area contributed by atoms with Crippen LogP contribution in [0.2, 0.25) is 0 Å². The van der Waals surface area contributed by atoms with E-state index < -0.39 is 0 Å². The highest BCUT2D eigenvalue weighted by Gasteiger charge is 2.10. The van der Waals surface area contributed by atoms with E-state index in [9.17, 15) is 0 Å². The summed E-state index contributed by atoms with van der Waals surface area (Å²) >= 11 is 5.44. The molecule has 0 spiro atoms. The molecule has 0 saturated carbocycles. The summed E-state index contributed by atoms with van der Waals surface area (Å²) in [6.45, 7) is 4.47. The summed E-state index contributed by atoms with van der Waals surface area (Å²) < 4.78 is 2.69. The molecule has 1 N–H and O–H groups in total. The van der Waals surface area contributed by atoms with E-state index in [2.05, 4.69) is 72.6 Å². The van der Waals surface area contributed by atoms with Crippen molar-refractivity contribution in [2.75, 3.05) is 0 Å². The van der Waals surface area contributed by atoms with Gasteiger partial charge in [0.05, 0.1) is 0 Å². The largest absolute Gasteiger partial charge is 0.272 e. The number of hydrogen-bond donors (Lipinski definition) is 1. The summed E-state index contributed by atoms with van der Waals surface area (Å²) in [5.41, 5.74) is 3.75. The third-order valence-electron chi connectivity index (χ3n) is 4.55. The molecule has 0 amide bonds. The lowest BCUT2D eigenvalue weighted by atomic mass is 9.98. The highest BCUT2D eigenvalue weighted by atomic mass is 32.1. The van der Waals surface area contributed by atoms with Gasteiger partial charge in [0.2, 0.25) is 0 Å². The normalized spacial score (nSPS) is 12.2. The van der Waals surface area contributed by atoms with Crippen LogP contribution in [-0.4, -0.2) is 14.8 Å². The van der Waals surface area contributed by atoms with Crippen molar-refractivity contribution in [1.29, 1.82) is 0 Å². The molecule has 2 aromatic carbocycles. The van der Waals surface area contributed by atoms with Crippen molar-refractivity contribution in [3.63, 3.8) is 0 Å². The molecule has 0 fully saturated rings. The first-order chi connectivity index (χ1) is 11.7. The quantitative estimate of drug-likeness (QED) is 0.625. The second kappa shape index (κ2) is 7.58. The van der Waals surface area contributed by atoms with Gasteiger partial charge in [0.15, 0.2) is 4.77 Å². The van der Waals surface area contributed by atoms with Gasteiger partial charge in [0.25, 0.3) is 0 Å². The molecular formula is C20H23N3S. The second-order valence-corrected chi connectivity index (χ2v) is 6.55. The van der Waals surface area contributed by atoms with Crippen molar-refractivity contribution >= 4 is 12.2 Å². The lowest BCUT2D eigenvalue weighted by Crippen LogP contribution is -2.04. The van der Waals surface area contributed by atoms with Gasteiger partial charge in [0.1, 0.15) is 5.82 Å². The molecule has 24 heavy (non-hydrogen) atoms. The zero-order valence-corrected chi connectivity index (χ0v) is 15.0. The third kappa shape index (κ3) is 3.65. The van der Waals surface area contributed by atoms with E-state index in [1.807, 2.05) is 10.6 Å². The molecule has 0 radical (unpaired) electrons. The number of nitrogens with one attached hydrogen (secondary N) is 1. The Bertz CT molecular complexity index is 831. The van der Waals surface area contributed by atoms with Crippen LogP contribution in [0.1, 0.15) is 43.1 Å². The molecule has 1 heterocycles. The summed E-state index contributed by atoms with van der Waals surface area (Å²) in [6, 6.07) is 19.1. The minimum Gasteiger partial charge on any atom is -0.272 e. The van der Waals surface area contributed by atoms with E-state index in [0.717, 1.165) is 30.8 Å². The Morgan fingerprint density at radius 3 is 2.42 bits per heavy atom. The number of aryl methyl sites for hydroxylation is 2. The fraction of sp³-hybridized carbons (Fsp3) is 0.300. The van der Waals surface area contributed by atoms with Crippen LogP contribution in [0.15, 0.2) is 54.6 Å². The number of aromatic amines is 1. The number of aromatic nitrogens is 3. The van der Waals surface area contributed by atoms with Crippen LogP contribution >= 0.6 is 12.2 Å². The van der Waals surface area contributed by atoms with Crippen molar-refractivity contribution in [1.82, 2.24) is 14.8 Å². The van der Waals surface area contributed by atoms with Crippen molar-refractivity contribution < 1.29 is 0 Å². The van der Waals surface area contributed by atoms with Crippen molar-refractivity contribution in [3.05, 3.63) is 76.3 Å². The number of benzene rings is 2. The highest BCUT2D eigenvalue weighted by molar-refractivity contribution is 7.71. The molecule has 4 heteroatoms. The SMILES string of the molecule is CC[C@H](C)c1ccc(-n2c(CCc3ccccc3)n[nH]c2=S)cc1. The van der Waals surface area contributed by atoms with Crippen LogP contribution in [0.3, 0.4) is 0 Å². The molecule has 3 rings (SSSR count). The molecular weight excluding hydrogens is 314 g/mol. The zero-order chi connectivity index (χ0) is 16.9. The maximum absolute atomic E-state index is 5.44. The lowest BCUT2D eigenvalue weighted by molar-refractivity contribution is 0.733. The van der Waals surface area contributed by atoms with E-state index in [1.54, 1.807) is 0 Å². The molecule has 0 bridgehead atoms. The molecule has 0 aliphatic rings. The predicted molar refractivity (Wildman–Crippen MR) is 101 cm³/mol. The molecule has 1 atom stereocenters. The Labute approximate surface area is 148 Å². The van der Waals surface area contributed by atoms with Gasteiger partial charge in [-0.2, -0.15) is 5.10 Å². The number of H-pyrrole nitrogens is 1. The van der Waals surface area contributed by atoms with Crippen LogP contribution in [-0.2, 0) is 12.8 Å². The molecule has 0 unspecified atom stereocenters. The summed E-state index contributed by atoms with van der Waals surface area (Å²) in [4.78, 5) is 0. The van der Waals surface area contributed by atoms with Crippen LogP contribution in [0.4, 0.5) is 0 Å². The van der Waals surface area contributed by atoms with Crippen LogP contribution in [0.5, 0.6) is 0 Å². The van der Waals surface area contributed by atoms with E-state index in [0.29, 0.717) is 10.7 Å². The van der Waals surface area contributed by atoms with Crippen LogP contribution in [0.25, 0.3) is 5.69 Å². The number of rotatable bonds is 6. The molecule has 3 nitrogen and oxygen atoms in total. The first-order valence-electron chi connectivity index (χ1n) is 8.49. The maximum atomic E-state index is 5.44. The van der Waals surface area contributed by atoms with E-state index in [1.165, 1.54) is 11.1 Å². The first-order valence-corrected chi connectivity index (χ1v) is 8.90. The molecule has 124 valence electrons. The van der Waals surface area contributed by atoms with E-state index in [4.69, 9.17) is 12.2 Å². The van der Waals surface area contributed by atoms with Gasteiger partial charge < -0.3 is 0 Å². The molecule has 0 aliphatic heterocycles. The summed E-state index contributed by atoms with van der Waals surface area (Å²) in [6.07, 6.45) is 2.95. The fourth-order valence-electron chi connectivity index (χ4n) is 2.85. The van der Waals surface area contributed by atoms with Crippen LogP contribution in [0, 0.1) is 4.77 Å². The van der Waals surface area contributed by atoms with Crippen LogP contribution < -0.4 is 0 Å². The smallest absolute Gasteiger partial charge is 0.199 e. The average Bonchev–Trinajstić information content (AvgIpc) is 3.01. The Kier molecular flexibility index (Phi) is 5.26. The standard InChI is InChI=1S/C20H23N3S/c1-3-15(2)17-10-12-18(13-11-17)23-19(21-22-20(23)24)14-9-16-7-5-4-6-8-16/h4-8,10-13,15H,3,9,14H2,1-2H3,(H,22,24)/t15-/m0/s1. The van der Waals surface area contributed by atoms with Gasteiger partial charge in [-0.1, -0.05) is 56.3 Å². The molecule has 3 aromatic rings. The Morgan fingerprint density at radius 1 is 1.04 bits per heavy atom. The Morgan fingerprint density at radius 2 is 1.75 bits per heavy atom. The van der Waals surface area contributed by atoms with Crippen molar-refractivity contribution in [3.8, 4) is 5.69 Å². The number of nitrogens with zero attached hydrogens (tertiary/aromatic N) is 2. The van der Waals surface area contributed by atoms with Crippen molar-refractivity contribution in [2.24, 2.45) is 0 Å². The van der Waals surface area contributed by atoms with Gasteiger partial charge in [-0.3, -0.25) is 9.67 Å². The Balaban J connectivity index is 1.83. The first kappa shape index (κ1) is 16.7. The van der Waals surface area contributed by atoms with Gasteiger partial charge >= 0.3 is 0 Å². The lowest BCUT2D eigenvalue weighted by Gasteiger charge is -2.11. The minimum absolute atomic E-state index is 0.578. The average molecular weight is 337 g/mol. The van der Waals surface area contributed by atoms with E-state index >= 15 is 0 Å². The topological polar surface area (TPSA) is 33.6 Å². The molecule has 0 aliphatic carbocycles. The van der Waals surface area contributed by atoms with Gasteiger partial charge in [-0.25, -0.2) is 0 Å². The fourth-order valence-corrected chi connectivity index (χ4v) is 3.11. The predicted octanol–water partition coefficient (Wildman–Crippen LogP) is 5.23. The second-order valence-electron chi connectivity index (χ2n) is 6.17. The highest BCUT2D eigenvalue weighted by Crippen LogP contribution is 2.21.